The fraction of sp³-hybridized carbons (Fsp3) is 0.133. The van der Waals surface area contributed by atoms with Gasteiger partial charge in [-0.3, -0.25) is 4.79 Å². The molecular weight excluding hydrogens is 359 g/mol. The molecule has 10 heteroatoms. The molecule has 0 aliphatic carbocycles. The van der Waals surface area contributed by atoms with E-state index in [-0.39, 0.29) is 19.1 Å². The highest BCUT2D eigenvalue weighted by molar-refractivity contribution is 5.97. The number of hydrogen-bond acceptors (Lipinski definition) is 2. The number of phenolic OH excluding ortho intramolecular Hbond substituents is 1. The fourth-order valence-electron chi connectivity index (χ4n) is 1.90. The smallest absolute Gasteiger partial charge is 0.322 e. The highest BCUT2D eigenvalue weighted by atomic mass is 19.3. The maximum Gasteiger partial charge on any atom is 0.322 e. The Morgan fingerprint density at radius 3 is 2.12 bits per heavy atom. The molecule has 2 aromatic rings. The third-order valence-corrected chi connectivity index (χ3v) is 3.12. The van der Waals surface area contributed by atoms with Crippen molar-refractivity contribution in [2.75, 3.05) is 5.32 Å². The molecule has 2 N–H and O–H groups in total. The lowest BCUT2D eigenvalue weighted by Crippen LogP contribution is -2.31. The lowest BCUT2D eigenvalue weighted by molar-refractivity contribution is -0.137. The van der Waals surface area contributed by atoms with Gasteiger partial charge in [-0.1, -0.05) is 0 Å². The van der Waals surface area contributed by atoms with E-state index in [0.717, 1.165) is 0 Å². The van der Waals surface area contributed by atoms with Gasteiger partial charge in [0.1, 0.15) is 17.4 Å². The minimum absolute atomic E-state index is 0.0432. The lowest BCUT2D eigenvalue weighted by Gasteiger charge is -2.14. The van der Waals surface area contributed by atoms with Crippen LogP contribution < -0.4 is 5.32 Å². The molecule has 1 amide bonds. The zero-order chi connectivity index (χ0) is 19.1. The summed E-state index contributed by atoms with van der Waals surface area (Å²) in [6.45, 7) is 0.235. The van der Waals surface area contributed by atoms with E-state index in [1.165, 1.54) is 5.32 Å². The maximum atomic E-state index is 13.9. The number of carbonyl (C=O) groups is 1. The molecular formula is C15H8F7NO2. The van der Waals surface area contributed by atoms with Gasteiger partial charge in [0.15, 0.2) is 17.5 Å². The molecule has 0 saturated carbocycles. The quantitative estimate of drug-likeness (QED) is 0.367. The molecule has 2 aromatic carbocycles. The molecule has 0 bridgehead atoms. The van der Waals surface area contributed by atoms with Gasteiger partial charge in [-0.15, -0.1) is 0 Å². The summed E-state index contributed by atoms with van der Waals surface area (Å²) in [4.78, 5) is 11.2. The number of aromatic hydroxyl groups is 1. The van der Waals surface area contributed by atoms with Crippen molar-refractivity contribution in [3.63, 3.8) is 0 Å². The molecule has 0 radical (unpaired) electrons. The molecule has 0 atom stereocenters. The monoisotopic (exact) mass is 367 g/mol. The van der Waals surface area contributed by atoms with Gasteiger partial charge in [-0.25, -0.2) is 22.0 Å². The van der Waals surface area contributed by atoms with Gasteiger partial charge in [-0.2, -0.15) is 8.78 Å². The molecule has 0 heterocycles. The predicted octanol–water partition coefficient (Wildman–Crippen LogP) is 4.35. The van der Waals surface area contributed by atoms with Crippen molar-refractivity contribution in [1.82, 2.24) is 0 Å². The Morgan fingerprint density at radius 1 is 0.960 bits per heavy atom. The third kappa shape index (κ3) is 3.52. The Hall–Kier alpha value is -2.78. The molecule has 3 nitrogen and oxygen atoms in total. The number of nitrogens with one attached hydrogen (secondary N) is 1. The van der Waals surface area contributed by atoms with Crippen LogP contribution in [0, 0.1) is 29.1 Å². The lowest BCUT2D eigenvalue weighted by atomic mass is 10.0. The molecule has 134 valence electrons. The Balaban J connectivity index is 2.63. The van der Waals surface area contributed by atoms with Crippen molar-refractivity contribution in [3.05, 3.63) is 47.3 Å². The molecule has 2 rings (SSSR count). The average molecular weight is 367 g/mol. The van der Waals surface area contributed by atoms with Crippen molar-refractivity contribution in [3.8, 4) is 16.9 Å². The van der Waals surface area contributed by atoms with Crippen LogP contribution in [-0.2, 0) is 4.79 Å². The van der Waals surface area contributed by atoms with Crippen LogP contribution in [0.5, 0.6) is 5.75 Å². The van der Waals surface area contributed by atoms with Crippen molar-refractivity contribution in [1.29, 1.82) is 0 Å². The van der Waals surface area contributed by atoms with Gasteiger partial charge >= 0.3 is 5.92 Å². The molecule has 0 fully saturated rings. The van der Waals surface area contributed by atoms with E-state index >= 15 is 0 Å². The van der Waals surface area contributed by atoms with Gasteiger partial charge in [0.2, 0.25) is 0 Å². The summed E-state index contributed by atoms with van der Waals surface area (Å²) in [6, 6.07) is 0.629. The Morgan fingerprint density at radius 2 is 1.56 bits per heavy atom. The highest BCUT2D eigenvalue weighted by Gasteiger charge is 2.33. The Labute approximate surface area is 135 Å². The van der Waals surface area contributed by atoms with Gasteiger partial charge in [0.25, 0.3) is 5.91 Å². The number of amides is 1. The van der Waals surface area contributed by atoms with Crippen LogP contribution in [0.15, 0.2) is 18.2 Å². The number of rotatable bonds is 3. The average Bonchev–Trinajstić information content (AvgIpc) is 2.48. The summed E-state index contributed by atoms with van der Waals surface area (Å²) in [5, 5.41) is 11.0. The molecule has 0 spiro atoms. The van der Waals surface area contributed by atoms with Crippen LogP contribution >= 0.6 is 0 Å². The van der Waals surface area contributed by atoms with E-state index in [1.807, 2.05) is 0 Å². The molecule has 0 saturated heterocycles. The molecule has 0 unspecified atom stereocenters. The maximum absolute atomic E-state index is 13.9. The van der Waals surface area contributed by atoms with E-state index in [1.54, 1.807) is 0 Å². The van der Waals surface area contributed by atoms with E-state index in [2.05, 4.69) is 0 Å². The summed E-state index contributed by atoms with van der Waals surface area (Å²) in [5.74, 6) is -16.0. The van der Waals surface area contributed by atoms with Crippen molar-refractivity contribution in [2.24, 2.45) is 0 Å². The number of carbonyl (C=O) groups excluding carboxylic acids is 1. The number of hydrogen-bond donors (Lipinski definition) is 2. The normalized spacial score (nSPS) is 11.5. The van der Waals surface area contributed by atoms with Gasteiger partial charge in [-0.05, 0) is 6.07 Å². The molecule has 0 aromatic heterocycles. The molecule has 25 heavy (non-hydrogen) atoms. The summed E-state index contributed by atoms with van der Waals surface area (Å²) >= 11 is 0. The standard InChI is InChI=1S/C15H8F7NO2/c1-15(21,22)14(25)23-9-2-5(6(16)4-10(9)24)11-7(17)3-8(18)12(19)13(11)20/h2-4,24H,1H3,(H,23,25). The number of benzene rings is 2. The largest absolute Gasteiger partial charge is 0.506 e. The summed E-state index contributed by atoms with van der Waals surface area (Å²) in [7, 11) is 0. The summed E-state index contributed by atoms with van der Waals surface area (Å²) in [6.07, 6.45) is 0. The Bertz CT molecular complexity index is 862. The van der Waals surface area contributed by atoms with E-state index in [0.29, 0.717) is 6.07 Å². The van der Waals surface area contributed by atoms with Crippen LogP contribution in [0.2, 0.25) is 0 Å². The highest BCUT2D eigenvalue weighted by Crippen LogP contribution is 2.36. The number of phenols is 1. The molecule has 0 aliphatic rings. The SMILES string of the molecule is CC(F)(F)C(=O)Nc1cc(-c2c(F)cc(F)c(F)c2F)c(F)cc1O. The van der Waals surface area contributed by atoms with E-state index in [9.17, 15) is 40.6 Å². The minimum atomic E-state index is -3.88. The first-order chi connectivity index (χ1) is 11.4. The molecule has 0 aliphatic heterocycles. The van der Waals surface area contributed by atoms with E-state index < -0.39 is 63.5 Å². The van der Waals surface area contributed by atoms with Gasteiger partial charge in [0.05, 0.1) is 11.3 Å². The van der Waals surface area contributed by atoms with Crippen molar-refractivity contribution < 1.29 is 40.6 Å². The Kier molecular flexibility index (Phi) is 4.65. The zero-order valence-corrected chi connectivity index (χ0v) is 12.2. The van der Waals surface area contributed by atoms with Crippen molar-refractivity contribution in [2.45, 2.75) is 12.8 Å². The first kappa shape index (κ1) is 18.6. The predicted molar refractivity (Wildman–Crippen MR) is 72.6 cm³/mol. The second kappa shape index (κ2) is 6.26. The third-order valence-electron chi connectivity index (χ3n) is 3.12. The number of alkyl halides is 2. The second-order valence-electron chi connectivity index (χ2n) is 5.03. The fourth-order valence-corrected chi connectivity index (χ4v) is 1.90. The van der Waals surface area contributed by atoms with Gasteiger partial charge in [0, 0.05) is 24.6 Å². The van der Waals surface area contributed by atoms with Crippen molar-refractivity contribution >= 4 is 11.6 Å². The summed E-state index contributed by atoms with van der Waals surface area (Å²) < 4.78 is 93.4. The van der Waals surface area contributed by atoms with E-state index in [4.69, 9.17) is 0 Å². The first-order valence-corrected chi connectivity index (χ1v) is 6.48. The number of anilines is 1. The second-order valence-corrected chi connectivity index (χ2v) is 5.03. The van der Waals surface area contributed by atoms with Crippen LogP contribution in [0.4, 0.5) is 36.4 Å². The first-order valence-electron chi connectivity index (χ1n) is 6.48. The van der Waals surface area contributed by atoms with Crippen LogP contribution in [-0.4, -0.2) is 16.9 Å². The topological polar surface area (TPSA) is 49.3 Å². The van der Waals surface area contributed by atoms with Crippen LogP contribution in [0.1, 0.15) is 6.92 Å². The zero-order valence-electron chi connectivity index (χ0n) is 12.2. The van der Waals surface area contributed by atoms with Crippen LogP contribution in [0.3, 0.4) is 0 Å². The summed E-state index contributed by atoms with van der Waals surface area (Å²) in [5.41, 5.74) is -3.18. The minimum Gasteiger partial charge on any atom is -0.506 e. The van der Waals surface area contributed by atoms with Crippen LogP contribution in [0.25, 0.3) is 11.1 Å². The number of halogens is 7. The van der Waals surface area contributed by atoms with Gasteiger partial charge < -0.3 is 10.4 Å².